The number of hydrogen-bond donors (Lipinski definition) is 3. The molecule has 0 aromatic heterocycles. The first kappa shape index (κ1) is 15.4. The van der Waals surface area contributed by atoms with Crippen LogP contribution in [0.15, 0.2) is 0 Å². The SMILES string of the molecule is CNCC(C)C(=O)NCCNC1CCCCCC1. The highest BCUT2D eigenvalue weighted by Gasteiger charge is 2.12. The summed E-state index contributed by atoms with van der Waals surface area (Å²) in [7, 11) is 1.87. The fraction of sp³-hybridized carbons (Fsp3) is 0.929. The van der Waals surface area contributed by atoms with Crippen molar-refractivity contribution < 1.29 is 4.79 Å². The van der Waals surface area contributed by atoms with Gasteiger partial charge < -0.3 is 16.0 Å². The Bertz CT molecular complexity index is 225. The van der Waals surface area contributed by atoms with E-state index in [-0.39, 0.29) is 11.8 Å². The van der Waals surface area contributed by atoms with E-state index in [1.165, 1.54) is 38.5 Å². The lowest BCUT2D eigenvalue weighted by Gasteiger charge is -2.17. The van der Waals surface area contributed by atoms with Gasteiger partial charge in [0.2, 0.25) is 5.91 Å². The van der Waals surface area contributed by atoms with E-state index >= 15 is 0 Å². The lowest BCUT2D eigenvalue weighted by atomic mass is 10.1. The molecule has 1 saturated carbocycles. The number of amides is 1. The molecule has 4 heteroatoms. The summed E-state index contributed by atoms with van der Waals surface area (Å²) in [5, 5.41) is 9.56. The molecular weight excluding hydrogens is 226 g/mol. The van der Waals surface area contributed by atoms with Crippen LogP contribution in [0.25, 0.3) is 0 Å². The van der Waals surface area contributed by atoms with Gasteiger partial charge >= 0.3 is 0 Å². The molecule has 0 bridgehead atoms. The molecule has 0 spiro atoms. The molecule has 0 aromatic rings. The van der Waals surface area contributed by atoms with Crippen LogP contribution < -0.4 is 16.0 Å². The molecule has 106 valence electrons. The summed E-state index contributed by atoms with van der Waals surface area (Å²) in [5.74, 6) is 0.194. The zero-order valence-electron chi connectivity index (χ0n) is 11.9. The molecule has 0 heterocycles. The Morgan fingerprint density at radius 2 is 1.83 bits per heavy atom. The molecule has 1 unspecified atom stereocenters. The van der Waals surface area contributed by atoms with Gasteiger partial charge in [0.25, 0.3) is 0 Å². The quantitative estimate of drug-likeness (QED) is 0.474. The lowest BCUT2D eigenvalue weighted by molar-refractivity contribution is -0.124. The highest BCUT2D eigenvalue weighted by Crippen LogP contribution is 2.16. The predicted molar refractivity (Wildman–Crippen MR) is 75.6 cm³/mol. The molecule has 0 saturated heterocycles. The van der Waals surface area contributed by atoms with Gasteiger partial charge in [-0.2, -0.15) is 0 Å². The maximum Gasteiger partial charge on any atom is 0.224 e. The summed E-state index contributed by atoms with van der Waals surface area (Å²) in [5.41, 5.74) is 0. The molecule has 0 aromatic carbocycles. The van der Waals surface area contributed by atoms with Gasteiger partial charge in [0.05, 0.1) is 0 Å². The number of carbonyl (C=O) groups excluding carboxylic acids is 1. The molecule has 1 aliphatic carbocycles. The second-order valence-corrected chi connectivity index (χ2v) is 5.39. The van der Waals surface area contributed by atoms with Crippen molar-refractivity contribution in [3.05, 3.63) is 0 Å². The van der Waals surface area contributed by atoms with Gasteiger partial charge in [-0.3, -0.25) is 4.79 Å². The number of carbonyl (C=O) groups is 1. The topological polar surface area (TPSA) is 53.2 Å². The van der Waals surface area contributed by atoms with Crippen LogP contribution in [0.3, 0.4) is 0 Å². The van der Waals surface area contributed by atoms with E-state index in [0.717, 1.165) is 19.6 Å². The average molecular weight is 255 g/mol. The van der Waals surface area contributed by atoms with Crippen molar-refractivity contribution >= 4 is 5.91 Å². The zero-order valence-corrected chi connectivity index (χ0v) is 11.9. The van der Waals surface area contributed by atoms with Crippen molar-refractivity contribution in [2.24, 2.45) is 5.92 Å². The van der Waals surface area contributed by atoms with Gasteiger partial charge in [-0.05, 0) is 19.9 Å². The summed E-state index contributed by atoms with van der Waals surface area (Å²) >= 11 is 0. The average Bonchev–Trinajstić information content (AvgIpc) is 2.63. The second-order valence-electron chi connectivity index (χ2n) is 5.39. The van der Waals surface area contributed by atoms with Crippen molar-refractivity contribution in [3.63, 3.8) is 0 Å². The summed E-state index contributed by atoms with van der Waals surface area (Å²) < 4.78 is 0. The Morgan fingerprint density at radius 1 is 1.17 bits per heavy atom. The molecule has 1 rings (SSSR count). The Morgan fingerprint density at radius 3 is 2.44 bits per heavy atom. The van der Waals surface area contributed by atoms with Crippen LogP contribution in [0.2, 0.25) is 0 Å². The molecule has 18 heavy (non-hydrogen) atoms. The third-order valence-corrected chi connectivity index (χ3v) is 3.67. The number of rotatable bonds is 7. The largest absolute Gasteiger partial charge is 0.355 e. The van der Waals surface area contributed by atoms with E-state index in [4.69, 9.17) is 0 Å². The van der Waals surface area contributed by atoms with Gasteiger partial charge in [-0.25, -0.2) is 0 Å². The predicted octanol–water partition coefficient (Wildman–Crippen LogP) is 1.27. The Kier molecular flexibility index (Phi) is 8.01. The summed E-state index contributed by atoms with van der Waals surface area (Å²) in [4.78, 5) is 11.7. The van der Waals surface area contributed by atoms with Gasteiger partial charge in [0, 0.05) is 31.6 Å². The van der Waals surface area contributed by atoms with Gasteiger partial charge in [-0.15, -0.1) is 0 Å². The maximum absolute atomic E-state index is 11.7. The lowest BCUT2D eigenvalue weighted by Crippen LogP contribution is -2.40. The first-order valence-electron chi connectivity index (χ1n) is 7.39. The smallest absolute Gasteiger partial charge is 0.224 e. The molecule has 1 fully saturated rings. The van der Waals surface area contributed by atoms with E-state index in [2.05, 4.69) is 16.0 Å². The first-order chi connectivity index (χ1) is 8.74. The highest BCUT2D eigenvalue weighted by atomic mass is 16.1. The Labute approximate surface area is 111 Å². The van der Waals surface area contributed by atoms with Gasteiger partial charge in [0.1, 0.15) is 0 Å². The molecule has 0 aliphatic heterocycles. The van der Waals surface area contributed by atoms with E-state index in [1.54, 1.807) is 0 Å². The van der Waals surface area contributed by atoms with E-state index in [1.807, 2.05) is 14.0 Å². The third kappa shape index (κ3) is 6.36. The van der Waals surface area contributed by atoms with Crippen molar-refractivity contribution in [1.82, 2.24) is 16.0 Å². The minimum Gasteiger partial charge on any atom is -0.355 e. The second kappa shape index (κ2) is 9.34. The minimum atomic E-state index is 0.0490. The number of nitrogens with one attached hydrogen (secondary N) is 3. The van der Waals surface area contributed by atoms with Crippen LogP contribution in [0.4, 0.5) is 0 Å². The molecule has 1 aliphatic rings. The van der Waals surface area contributed by atoms with Crippen molar-refractivity contribution in [3.8, 4) is 0 Å². The standard InChI is InChI=1S/C14H29N3O/c1-12(11-15-2)14(18)17-10-9-16-13-7-5-3-4-6-8-13/h12-13,15-16H,3-11H2,1-2H3,(H,17,18). The van der Waals surface area contributed by atoms with E-state index in [9.17, 15) is 4.79 Å². The Balaban J connectivity index is 2.05. The van der Waals surface area contributed by atoms with Crippen LogP contribution in [0.5, 0.6) is 0 Å². The highest BCUT2D eigenvalue weighted by molar-refractivity contribution is 5.78. The van der Waals surface area contributed by atoms with E-state index < -0.39 is 0 Å². The molecule has 1 atom stereocenters. The molecule has 3 N–H and O–H groups in total. The van der Waals surface area contributed by atoms with Crippen molar-refractivity contribution in [2.45, 2.75) is 51.5 Å². The molecular formula is C14H29N3O. The van der Waals surface area contributed by atoms with E-state index in [0.29, 0.717) is 6.04 Å². The number of hydrogen-bond acceptors (Lipinski definition) is 3. The van der Waals surface area contributed by atoms with Crippen LogP contribution >= 0.6 is 0 Å². The van der Waals surface area contributed by atoms with Crippen LogP contribution in [0, 0.1) is 5.92 Å². The molecule has 4 nitrogen and oxygen atoms in total. The van der Waals surface area contributed by atoms with Crippen LogP contribution in [-0.4, -0.2) is 38.6 Å². The minimum absolute atomic E-state index is 0.0490. The van der Waals surface area contributed by atoms with Gasteiger partial charge in [-0.1, -0.05) is 32.6 Å². The monoisotopic (exact) mass is 255 g/mol. The molecule has 1 amide bonds. The molecule has 0 radical (unpaired) electrons. The Hall–Kier alpha value is -0.610. The van der Waals surface area contributed by atoms with Crippen molar-refractivity contribution in [1.29, 1.82) is 0 Å². The summed E-state index contributed by atoms with van der Waals surface area (Å²) in [6.07, 6.45) is 8.06. The maximum atomic E-state index is 11.7. The zero-order chi connectivity index (χ0) is 13.2. The van der Waals surface area contributed by atoms with Crippen LogP contribution in [-0.2, 0) is 4.79 Å². The summed E-state index contributed by atoms with van der Waals surface area (Å²) in [6, 6.07) is 0.666. The van der Waals surface area contributed by atoms with Gasteiger partial charge in [0.15, 0.2) is 0 Å². The third-order valence-electron chi connectivity index (χ3n) is 3.67. The normalized spacial score (nSPS) is 19.2. The summed E-state index contributed by atoms with van der Waals surface area (Å²) in [6.45, 7) is 4.32. The fourth-order valence-corrected chi connectivity index (χ4v) is 2.52. The first-order valence-corrected chi connectivity index (χ1v) is 7.39. The van der Waals surface area contributed by atoms with Crippen LogP contribution in [0.1, 0.15) is 45.4 Å². The fourth-order valence-electron chi connectivity index (χ4n) is 2.52. The van der Waals surface area contributed by atoms with Crippen molar-refractivity contribution in [2.75, 3.05) is 26.7 Å².